The molecule has 2 nitrogen and oxygen atoms in total. The van der Waals surface area contributed by atoms with Crippen LogP contribution in [0.15, 0.2) is 18.2 Å². The van der Waals surface area contributed by atoms with E-state index in [0.717, 1.165) is 18.1 Å². The molecule has 2 heterocycles. The van der Waals surface area contributed by atoms with E-state index in [1.54, 1.807) is 0 Å². The Kier molecular flexibility index (Phi) is 3.55. The molecule has 1 aromatic carbocycles. The van der Waals surface area contributed by atoms with Crippen LogP contribution in [0, 0.1) is 5.92 Å². The van der Waals surface area contributed by atoms with Gasteiger partial charge in [0, 0.05) is 0 Å². The molecule has 1 N–H and O–H groups in total. The highest BCUT2D eigenvalue weighted by Crippen LogP contribution is 2.29. The number of benzene rings is 1. The maximum Gasteiger partial charge on any atom is 0.123 e. The first-order chi connectivity index (χ1) is 8.81. The molecule has 2 atom stereocenters. The highest BCUT2D eigenvalue weighted by Gasteiger charge is 2.18. The first-order valence-electron chi connectivity index (χ1n) is 7.30. The predicted molar refractivity (Wildman–Crippen MR) is 74.2 cm³/mol. The molecule has 2 aliphatic heterocycles. The van der Waals surface area contributed by atoms with Gasteiger partial charge in [-0.1, -0.05) is 12.1 Å². The molecule has 3 rings (SSSR count). The Morgan fingerprint density at radius 3 is 3.11 bits per heavy atom. The summed E-state index contributed by atoms with van der Waals surface area (Å²) in [5.41, 5.74) is 2.83. The van der Waals surface area contributed by atoms with Gasteiger partial charge in [-0.2, -0.15) is 0 Å². The quantitative estimate of drug-likeness (QED) is 0.865. The van der Waals surface area contributed by atoms with Crippen LogP contribution in [0.3, 0.4) is 0 Å². The van der Waals surface area contributed by atoms with Crippen LogP contribution in [0.25, 0.3) is 0 Å². The van der Waals surface area contributed by atoms with Crippen LogP contribution in [0.2, 0.25) is 0 Å². The average molecular weight is 245 g/mol. The molecule has 1 saturated heterocycles. The summed E-state index contributed by atoms with van der Waals surface area (Å²) in [4.78, 5) is 0. The van der Waals surface area contributed by atoms with Gasteiger partial charge < -0.3 is 10.1 Å². The van der Waals surface area contributed by atoms with Crippen LogP contribution in [0.4, 0.5) is 0 Å². The number of hydrogen-bond donors (Lipinski definition) is 1. The van der Waals surface area contributed by atoms with Gasteiger partial charge in [0.25, 0.3) is 0 Å². The van der Waals surface area contributed by atoms with Crippen LogP contribution >= 0.6 is 0 Å². The van der Waals surface area contributed by atoms with Gasteiger partial charge in [0.1, 0.15) is 5.75 Å². The lowest BCUT2D eigenvalue weighted by molar-refractivity contribution is 0.192. The zero-order chi connectivity index (χ0) is 12.4. The number of ether oxygens (including phenoxy) is 1. The minimum absolute atomic E-state index is 0.379. The summed E-state index contributed by atoms with van der Waals surface area (Å²) in [5.74, 6) is 1.94. The summed E-state index contributed by atoms with van der Waals surface area (Å²) in [6.45, 7) is 4.54. The third-order valence-corrected chi connectivity index (χ3v) is 4.20. The zero-order valence-corrected chi connectivity index (χ0v) is 11.2. The second-order valence-corrected chi connectivity index (χ2v) is 5.83. The van der Waals surface area contributed by atoms with Crippen molar-refractivity contribution in [2.75, 3.05) is 13.1 Å². The van der Waals surface area contributed by atoms with Gasteiger partial charge in [0.2, 0.25) is 0 Å². The van der Waals surface area contributed by atoms with Gasteiger partial charge >= 0.3 is 0 Å². The molecule has 2 unspecified atom stereocenters. The van der Waals surface area contributed by atoms with Crippen molar-refractivity contribution in [2.45, 2.75) is 45.1 Å². The predicted octanol–water partition coefficient (Wildman–Crippen LogP) is 2.94. The molecular weight excluding hydrogens is 222 g/mol. The number of hydrogen-bond acceptors (Lipinski definition) is 2. The maximum absolute atomic E-state index is 5.95. The monoisotopic (exact) mass is 245 g/mol. The summed E-state index contributed by atoms with van der Waals surface area (Å²) in [5, 5.41) is 3.49. The second kappa shape index (κ2) is 5.31. The van der Waals surface area contributed by atoms with Crippen LogP contribution in [0.5, 0.6) is 5.75 Å². The molecule has 0 saturated carbocycles. The standard InChI is InChI=1S/C16H23NO/c1-12-4-6-15-7-5-13(10-16(15)18-12)9-14-3-2-8-17-11-14/h5,7,10,12,14,17H,2-4,6,8-9,11H2,1H3. The molecule has 2 aliphatic rings. The lowest BCUT2D eigenvalue weighted by Crippen LogP contribution is -2.30. The average Bonchev–Trinajstić information content (AvgIpc) is 2.39. The van der Waals surface area contributed by atoms with E-state index in [1.807, 2.05) is 0 Å². The second-order valence-electron chi connectivity index (χ2n) is 5.83. The van der Waals surface area contributed by atoms with E-state index >= 15 is 0 Å². The first-order valence-corrected chi connectivity index (χ1v) is 7.30. The van der Waals surface area contributed by atoms with Crippen molar-refractivity contribution in [3.8, 4) is 5.75 Å². The number of nitrogens with one attached hydrogen (secondary N) is 1. The van der Waals surface area contributed by atoms with Crippen LogP contribution < -0.4 is 10.1 Å². The Hall–Kier alpha value is -1.02. The van der Waals surface area contributed by atoms with Crippen molar-refractivity contribution in [3.05, 3.63) is 29.3 Å². The largest absolute Gasteiger partial charge is 0.490 e. The van der Waals surface area contributed by atoms with Gasteiger partial charge in [-0.15, -0.1) is 0 Å². The number of fused-ring (bicyclic) bond motifs is 1. The van der Waals surface area contributed by atoms with Crippen molar-refractivity contribution in [3.63, 3.8) is 0 Å². The molecule has 1 fully saturated rings. The fourth-order valence-electron chi connectivity index (χ4n) is 3.11. The van der Waals surface area contributed by atoms with Gasteiger partial charge in [0.15, 0.2) is 0 Å². The molecular formula is C16H23NO. The number of piperidine rings is 1. The molecule has 2 heteroatoms. The maximum atomic E-state index is 5.95. The van der Waals surface area contributed by atoms with E-state index < -0.39 is 0 Å². The van der Waals surface area contributed by atoms with Crippen LogP contribution in [0.1, 0.15) is 37.3 Å². The summed E-state index contributed by atoms with van der Waals surface area (Å²) >= 11 is 0. The first kappa shape index (κ1) is 12.0. The molecule has 0 aliphatic carbocycles. The fraction of sp³-hybridized carbons (Fsp3) is 0.625. The van der Waals surface area contributed by atoms with E-state index in [9.17, 15) is 0 Å². The number of rotatable bonds is 2. The summed E-state index contributed by atoms with van der Waals surface area (Å²) < 4.78 is 5.95. The highest BCUT2D eigenvalue weighted by molar-refractivity contribution is 5.39. The third-order valence-electron chi connectivity index (χ3n) is 4.20. The van der Waals surface area contributed by atoms with Crippen LogP contribution in [-0.4, -0.2) is 19.2 Å². The minimum atomic E-state index is 0.379. The van der Waals surface area contributed by atoms with E-state index in [4.69, 9.17) is 4.74 Å². The van der Waals surface area contributed by atoms with Crippen molar-refractivity contribution in [1.82, 2.24) is 5.32 Å². The Bertz CT molecular complexity index is 410. The van der Waals surface area contributed by atoms with Crippen molar-refractivity contribution < 1.29 is 4.74 Å². The number of aryl methyl sites for hydroxylation is 1. The van der Waals surface area contributed by atoms with Gasteiger partial charge in [-0.05, 0) is 75.2 Å². The molecule has 0 spiro atoms. The van der Waals surface area contributed by atoms with E-state index in [-0.39, 0.29) is 0 Å². The minimum Gasteiger partial charge on any atom is -0.490 e. The van der Waals surface area contributed by atoms with Crippen LogP contribution in [-0.2, 0) is 12.8 Å². The van der Waals surface area contributed by atoms with E-state index in [1.165, 1.54) is 49.9 Å². The molecule has 0 radical (unpaired) electrons. The fourth-order valence-corrected chi connectivity index (χ4v) is 3.11. The smallest absolute Gasteiger partial charge is 0.123 e. The van der Waals surface area contributed by atoms with E-state index in [0.29, 0.717) is 6.10 Å². The van der Waals surface area contributed by atoms with Crippen molar-refractivity contribution >= 4 is 0 Å². The molecule has 18 heavy (non-hydrogen) atoms. The molecule has 0 amide bonds. The Morgan fingerprint density at radius 1 is 1.33 bits per heavy atom. The Labute approximate surface area is 110 Å². The summed E-state index contributed by atoms with van der Waals surface area (Å²) in [6.07, 6.45) is 6.58. The van der Waals surface area contributed by atoms with Gasteiger partial charge in [-0.3, -0.25) is 0 Å². The normalized spacial score (nSPS) is 27.4. The highest BCUT2D eigenvalue weighted by atomic mass is 16.5. The topological polar surface area (TPSA) is 21.3 Å². The van der Waals surface area contributed by atoms with Gasteiger partial charge in [-0.25, -0.2) is 0 Å². The van der Waals surface area contributed by atoms with Crippen molar-refractivity contribution in [2.24, 2.45) is 5.92 Å². The lowest BCUT2D eigenvalue weighted by atomic mass is 9.91. The molecule has 98 valence electrons. The third kappa shape index (κ3) is 2.69. The Balaban J connectivity index is 1.71. The van der Waals surface area contributed by atoms with Crippen molar-refractivity contribution in [1.29, 1.82) is 0 Å². The Morgan fingerprint density at radius 2 is 2.28 bits per heavy atom. The summed E-state index contributed by atoms with van der Waals surface area (Å²) in [6, 6.07) is 6.85. The van der Waals surface area contributed by atoms with Gasteiger partial charge in [0.05, 0.1) is 6.10 Å². The SMILES string of the molecule is CC1CCc2ccc(CC3CCCNC3)cc2O1. The zero-order valence-electron chi connectivity index (χ0n) is 11.2. The van der Waals surface area contributed by atoms with E-state index in [2.05, 4.69) is 30.4 Å². The molecule has 0 bridgehead atoms. The molecule has 1 aromatic rings. The molecule has 0 aromatic heterocycles. The lowest BCUT2D eigenvalue weighted by Gasteiger charge is -2.25. The summed E-state index contributed by atoms with van der Waals surface area (Å²) in [7, 11) is 0.